The smallest absolute Gasteiger partial charge is 0.326 e. The van der Waals surface area contributed by atoms with Gasteiger partial charge < -0.3 is 4.74 Å². The summed E-state index contributed by atoms with van der Waals surface area (Å²) in [7, 11) is 0. The Morgan fingerprint density at radius 3 is 2.43 bits per heavy atom. The third-order valence-corrected chi connectivity index (χ3v) is 2.81. The van der Waals surface area contributed by atoms with Crippen LogP contribution >= 0.6 is 0 Å². The summed E-state index contributed by atoms with van der Waals surface area (Å²) in [6.45, 7) is 4.66. The fourth-order valence-corrected chi connectivity index (χ4v) is 2.01. The summed E-state index contributed by atoms with van der Waals surface area (Å²) in [5.41, 5.74) is -0.0665. The average Bonchev–Trinajstić information content (AvgIpc) is 2.61. The zero-order chi connectivity index (χ0) is 15.8. The lowest BCUT2D eigenvalue weighted by atomic mass is 10.1. The molecule has 0 saturated heterocycles. The van der Waals surface area contributed by atoms with Crippen LogP contribution in [-0.4, -0.2) is 34.8 Å². The first-order valence-electron chi connectivity index (χ1n) is 6.35. The Morgan fingerprint density at radius 1 is 1.24 bits per heavy atom. The minimum Gasteiger partial charge on any atom is -0.459 e. The number of ether oxygens (including phenoxy) is 1. The van der Waals surface area contributed by atoms with Crippen LogP contribution in [0.2, 0.25) is 0 Å². The molecule has 0 N–H and O–H groups in total. The number of nitriles is 1. The Hall–Kier alpha value is -2.68. The molecule has 2 rings (SSSR count). The van der Waals surface area contributed by atoms with Crippen LogP contribution in [0.15, 0.2) is 18.2 Å². The van der Waals surface area contributed by atoms with Gasteiger partial charge in [-0.15, -0.1) is 0 Å². The molecule has 1 heterocycles. The van der Waals surface area contributed by atoms with Gasteiger partial charge in [-0.3, -0.25) is 19.3 Å². The number of amides is 2. The molecule has 6 nitrogen and oxygen atoms in total. The number of nitrogens with zero attached hydrogens (tertiary/aromatic N) is 2. The molecule has 0 unspecified atom stereocenters. The van der Waals surface area contributed by atoms with E-state index in [9.17, 15) is 14.4 Å². The number of carbonyl (C=O) groups excluding carboxylic acids is 3. The highest BCUT2D eigenvalue weighted by Crippen LogP contribution is 2.24. The van der Waals surface area contributed by atoms with Gasteiger partial charge >= 0.3 is 5.97 Å². The molecule has 0 saturated carbocycles. The molecular weight excluding hydrogens is 272 g/mol. The van der Waals surface area contributed by atoms with Crippen molar-refractivity contribution in [1.29, 1.82) is 5.26 Å². The highest BCUT2D eigenvalue weighted by molar-refractivity contribution is 6.22. The molecule has 1 aliphatic heterocycles. The third kappa shape index (κ3) is 2.92. The number of fused-ring (bicyclic) bond motifs is 1. The monoisotopic (exact) mass is 286 g/mol. The minimum absolute atomic E-state index is 0.141. The normalized spacial score (nSPS) is 13.9. The summed E-state index contributed by atoms with van der Waals surface area (Å²) < 4.78 is 5.10. The van der Waals surface area contributed by atoms with Crippen LogP contribution in [0, 0.1) is 11.3 Å². The van der Waals surface area contributed by atoms with E-state index in [0.717, 1.165) is 4.90 Å². The second-order valence-corrected chi connectivity index (χ2v) is 5.66. The van der Waals surface area contributed by atoms with Gasteiger partial charge in [-0.1, -0.05) is 0 Å². The molecule has 0 radical (unpaired) electrons. The molecule has 0 fully saturated rings. The predicted molar refractivity (Wildman–Crippen MR) is 72.4 cm³/mol. The van der Waals surface area contributed by atoms with Gasteiger partial charge in [0.1, 0.15) is 12.1 Å². The summed E-state index contributed by atoms with van der Waals surface area (Å²) in [5, 5.41) is 8.83. The molecule has 0 aliphatic carbocycles. The number of esters is 1. The van der Waals surface area contributed by atoms with Gasteiger partial charge in [-0.05, 0) is 39.0 Å². The lowest BCUT2D eigenvalue weighted by Crippen LogP contribution is -2.38. The summed E-state index contributed by atoms with van der Waals surface area (Å²) in [6.07, 6.45) is 0. The van der Waals surface area contributed by atoms with E-state index >= 15 is 0 Å². The van der Waals surface area contributed by atoms with E-state index in [1.807, 2.05) is 6.07 Å². The Morgan fingerprint density at radius 2 is 1.86 bits per heavy atom. The van der Waals surface area contributed by atoms with E-state index in [0.29, 0.717) is 0 Å². The van der Waals surface area contributed by atoms with E-state index in [4.69, 9.17) is 10.00 Å². The molecule has 1 aromatic carbocycles. The number of rotatable bonds is 2. The van der Waals surface area contributed by atoms with Gasteiger partial charge in [0.2, 0.25) is 0 Å². The van der Waals surface area contributed by atoms with E-state index in [1.165, 1.54) is 18.2 Å². The van der Waals surface area contributed by atoms with Gasteiger partial charge in [0.05, 0.1) is 22.8 Å². The zero-order valence-electron chi connectivity index (χ0n) is 12.0. The molecular formula is C15H14N2O4. The van der Waals surface area contributed by atoms with E-state index in [2.05, 4.69) is 0 Å². The van der Waals surface area contributed by atoms with Crippen molar-refractivity contribution in [3.8, 4) is 6.07 Å². The fourth-order valence-electron chi connectivity index (χ4n) is 2.01. The minimum atomic E-state index is -0.691. The second-order valence-electron chi connectivity index (χ2n) is 5.66. The van der Waals surface area contributed by atoms with E-state index in [-0.39, 0.29) is 16.7 Å². The van der Waals surface area contributed by atoms with Gasteiger partial charge in [-0.25, -0.2) is 0 Å². The molecule has 1 aliphatic rings. The van der Waals surface area contributed by atoms with Crippen molar-refractivity contribution in [3.63, 3.8) is 0 Å². The summed E-state index contributed by atoms with van der Waals surface area (Å²) in [5.74, 6) is -1.79. The maximum absolute atomic E-state index is 12.2. The predicted octanol–water partition coefficient (Wildman–Crippen LogP) is 1.50. The quantitative estimate of drug-likeness (QED) is 0.607. The Bertz CT molecular complexity index is 680. The van der Waals surface area contributed by atoms with Crippen LogP contribution in [0.3, 0.4) is 0 Å². The largest absolute Gasteiger partial charge is 0.459 e. The Balaban J connectivity index is 2.22. The van der Waals surface area contributed by atoms with Crippen molar-refractivity contribution in [1.82, 2.24) is 4.90 Å². The first-order chi connectivity index (χ1) is 9.73. The maximum atomic E-state index is 12.2. The SMILES string of the molecule is CC(C)(C)OC(=O)CN1C(=O)c2ccc(C#N)cc2C1=O. The number of imide groups is 1. The number of hydrogen-bond acceptors (Lipinski definition) is 5. The summed E-state index contributed by atoms with van der Waals surface area (Å²) >= 11 is 0. The van der Waals surface area contributed by atoms with Gasteiger partial charge in [0.25, 0.3) is 11.8 Å². The van der Waals surface area contributed by atoms with Gasteiger partial charge in [-0.2, -0.15) is 5.26 Å². The summed E-state index contributed by atoms with van der Waals surface area (Å²) in [6, 6.07) is 6.14. The van der Waals surface area contributed by atoms with Crippen LogP contribution in [-0.2, 0) is 9.53 Å². The van der Waals surface area contributed by atoms with Crippen LogP contribution in [0.1, 0.15) is 47.1 Å². The molecule has 0 bridgehead atoms. The summed E-state index contributed by atoms with van der Waals surface area (Å²) in [4.78, 5) is 36.9. The second kappa shape index (κ2) is 5.02. The number of hydrogen-bond donors (Lipinski definition) is 0. The van der Waals surface area contributed by atoms with Crippen LogP contribution in [0.4, 0.5) is 0 Å². The Labute approximate surface area is 121 Å². The molecule has 21 heavy (non-hydrogen) atoms. The molecule has 2 amide bonds. The lowest BCUT2D eigenvalue weighted by molar-refractivity contribution is -0.155. The topological polar surface area (TPSA) is 87.5 Å². The zero-order valence-corrected chi connectivity index (χ0v) is 12.0. The fraction of sp³-hybridized carbons (Fsp3) is 0.333. The highest BCUT2D eigenvalue weighted by atomic mass is 16.6. The molecule has 0 aromatic heterocycles. The van der Waals surface area contributed by atoms with Crippen molar-refractivity contribution in [2.24, 2.45) is 0 Å². The maximum Gasteiger partial charge on any atom is 0.326 e. The van der Waals surface area contributed by atoms with Crippen LogP contribution < -0.4 is 0 Å². The molecule has 6 heteroatoms. The van der Waals surface area contributed by atoms with Crippen molar-refractivity contribution in [2.45, 2.75) is 26.4 Å². The van der Waals surface area contributed by atoms with Crippen LogP contribution in [0.5, 0.6) is 0 Å². The van der Waals surface area contributed by atoms with Crippen molar-refractivity contribution in [2.75, 3.05) is 6.54 Å². The molecule has 108 valence electrons. The molecule has 1 aromatic rings. The first-order valence-corrected chi connectivity index (χ1v) is 6.35. The van der Waals surface area contributed by atoms with E-state index < -0.39 is 29.9 Å². The van der Waals surface area contributed by atoms with Crippen molar-refractivity contribution >= 4 is 17.8 Å². The standard InChI is InChI=1S/C15H14N2O4/c1-15(2,3)21-12(18)8-17-13(19)10-5-4-9(7-16)6-11(10)14(17)20/h4-6H,8H2,1-3H3. The third-order valence-electron chi connectivity index (χ3n) is 2.81. The first kappa shape index (κ1) is 14.7. The van der Waals surface area contributed by atoms with Crippen LogP contribution in [0.25, 0.3) is 0 Å². The highest BCUT2D eigenvalue weighted by Gasteiger charge is 2.37. The number of benzene rings is 1. The molecule has 0 atom stereocenters. The van der Waals surface area contributed by atoms with E-state index in [1.54, 1.807) is 20.8 Å². The number of carbonyl (C=O) groups is 3. The molecule has 0 spiro atoms. The van der Waals surface area contributed by atoms with Gasteiger partial charge in [0, 0.05) is 0 Å². The Kier molecular flexibility index (Phi) is 3.52. The van der Waals surface area contributed by atoms with Gasteiger partial charge in [0.15, 0.2) is 0 Å². The van der Waals surface area contributed by atoms with Crippen molar-refractivity contribution in [3.05, 3.63) is 34.9 Å². The average molecular weight is 286 g/mol. The van der Waals surface area contributed by atoms with Crippen molar-refractivity contribution < 1.29 is 19.1 Å². The lowest BCUT2D eigenvalue weighted by Gasteiger charge is -2.21.